The molecule has 0 saturated heterocycles. The molecule has 3 heteroatoms. The van der Waals surface area contributed by atoms with Gasteiger partial charge in [-0.05, 0) is 29.7 Å². The van der Waals surface area contributed by atoms with E-state index in [9.17, 15) is 4.79 Å². The molecule has 0 radical (unpaired) electrons. The standard InChI is InChI=1S/C20H24O3/c1-14(2)20(21)17(12-15-8-6-5-7-9-15)16-10-11-18(22-3)19(13-16)23-4/h5-11,13-14,17H,12H2,1-4H3. The molecule has 0 amide bonds. The van der Waals surface area contributed by atoms with E-state index < -0.39 is 0 Å². The molecule has 1 unspecified atom stereocenters. The maximum Gasteiger partial charge on any atom is 0.161 e. The Kier molecular flexibility index (Phi) is 5.80. The molecule has 0 aromatic heterocycles. The van der Waals surface area contributed by atoms with Crippen molar-refractivity contribution in [3.8, 4) is 11.5 Å². The van der Waals surface area contributed by atoms with Crippen LogP contribution < -0.4 is 9.47 Å². The Labute approximate surface area is 138 Å². The van der Waals surface area contributed by atoms with Crippen LogP contribution >= 0.6 is 0 Å². The van der Waals surface area contributed by atoms with Gasteiger partial charge in [-0.15, -0.1) is 0 Å². The zero-order chi connectivity index (χ0) is 16.8. The summed E-state index contributed by atoms with van der Waals surface area (Å²) in [7, 11) is 3.22. The van der Waals surface area contributed by atoms with Gasteiger partial charge in [0.1, 0.15) is 5.78 Å². The molecule has 2 aromatic rings. The van der Waals surface area contributed by atoms with E-state index in [0.29, 0.717) is 17.9 Å². The topological polar surface area (TPSA) is 35.5 Å². The molecule has 0 heterocycles. The predicted molar refractivity (Wildman–Crippen MR) is 92.3 cm³/mol. The van der Waals surface area contributed by atoms with Crippen molar-refractivity contribution in [2.45, 2.75) is 26.2 Å². The van der Waals surface area contributed by atoms with E-state index in [0.717, 1.165) is 11.1 Å². The summed E-state index contributed by atoms with van der Waals surface area (Å²) >= 11 is 0. The smallest absolute Gasteiger partial charge is 0.161 e. The highest BCUT2D eigenvalue weighted by molar-refractivity contribution is 5.87. The number of rotatable bonds is 7. The fraction of sp³-hybridized carbons (Fsp3) is 0.350. The molecule has 3 nitrogen and oxygen atoms in total. The second kappa shape index (κ2) is 7.82. The lowest BCUT2D eigenvalue weighted by Crippen LogP contribution is -2.20. The summed E-state index contributed by atoms with van der Waals surface area (Å²) in [6.45, 7) is 3.89. The fourth-order valence-corrected chi connectivity index (χ4v) is 2.70. The lowest BCUT2D eigenvalue weighted by atomic mass is 9.84. The molecule has 0 saturated carbocycles. The summed E-state index contributed by atoms with van der Waals surface area (Å²) in [6.07, 6.45) is 0.688. The van der Waals surface area contributed by atoms with Crippen molar-refractivity contribution in [2.75, 3.05) is 14.2 Å². The van der Waals surface area contributed by atoms with Gasteiger partial charge in [-0.25, -0.2) is 0 Å². The first kappa shape index (κ1) is 17.1. The minimum Gasteiger partial charge on any atom is -0.493 e. The summed E-state index contributed by atoms with van der Waals surface area (Å²) in [5.41, 5.74) is 2.12. The van der Waals surface area contributed by atoms with Gasteiger partial charge in [-0.3, -0.25) is 4.79 Å². The van der Waals surface area contributed by atoms with Crippen LogP contribution in [0, 0.1) is 5.92 Å². The van der Waals surface area contributed by atoms with Crippen LogP contribution in [0.1, 0.15) is 30.9 Å². The van der Waals surface area contributed by atoms with Crippen LogP contribution in [0.3, 0.4) is 0 Å². The van der Waals surface area contributed by atoms with Gasteiger partial charge in [-0.1, -0.05) is 50.2 Å². The van der Waals surface area contributed by atoms with Crippen molar-refractivity contribution >= 4 is 5.78 Å². The zero-order valence-electron chi connectivity index (χ0n) is 14.2. The Morgan fingerprint density at radius 1 is 0.957 bits per heavy atom. The van der Waals surface area contributed by atoms with E-state index in [1.54, 1.807) is 14.2 Å². The van der Waals surface area contributed by atoms with Crippen molar-refractivity contribution in [2.24, 2.45) is 5.92 Å². The van der Waals surface area contributed by atoms with Gasteiger partial charge in [-0.2, -0.15) is 0 Å². The van der Waals surface area contributed by atoms with Gasteiger partial charge in [0.25, 0.3) is 0 Å². The number of hydrogen-bond donors (Lipinski definition) is 0. The van der Waals surface area contributed by atoms with Crippen molar-refractivity contribution in [3.63, 3.8) is 0 Å². The SMILES string of the molecule is COc1ccc(C(Cc2ccccc2)C(=O)C(C)C)cc1OC. The maximum absolute atomic E-state index is 12.7. The average Bonchev–Trinajstić information content (AvgIpc) is 2.59. The van der Waals surface area contributed by atoms with E-state index >= 15 is 0 Å². The van der Waals surface area contributed by atoms with E-state index in [1.807, 2.05) is 50.2 Å². The maximum atomic E-state index is 12.7. The molecular weight excluding hydrogens is 288 g/mol. The molecule has 0 aliphatic rings. The van der Waals surface area contributed by atoms with Crippen LogP contribution in [0.4, 0.5) is 0 Å². The Morgan fingerprint density at radius 2 is 1.61 bits per heavy atom. The molecule has 0 N–H and O–H groups in total. The average molecular weight is 312 g/mol. The fourth-order valence-electron chi connectivity index (χ4n) is 2.70. The molecule has 0 fully saturated rings. The predicted octanol–water partition coefficient (Wildman–Crippen LogP) is 4.26. The number of methoxy groups -OCH3 is 2. The van der Waals surface area contributed by atoms with Crippen LogP contribution in [0.15, 0.2) is 48.5 Å². The van der Waals surface area contributed by atoms with E-state index in [2.05, 4.69) is 12.1 Å². The molecule has 0 bridgehead atoms. The molecule has 2 aromatic carbocycles. The third-order valence-corrected chi connectivity index (χ3v) is 4.01. The van der Waals surface area contributed by atoms with Crippen LogP contribution in [0.5, 0.6) is 11.5 Å². The number of carbonyl (C=O) groups is 1. The molecule has 1 atom stereocenters. The van der Waals surface area contributed by atoms with Crippen molar-refractivity contribution in [3.05, 3.63) is 59.7 Å². The molecule has 0 aliphatic carbocycles. The number of Topliss-reactive ketones (excluding diaryl/α,β-unsaturated/α-hetero) is 1. The van der Waals surface area contributed by atoms with Crippen molar-refractivity contribution in [1.82, 2.24) is 0 Å². The van der Waals surface area contributed by atoms with Gasteiger partial charge in [0, 0.05) is 11.8 Å². The second-order valence-electron chi connectivity index (χ2n) is 5.91. The number of ether oxygens (including phenoxy) is 2. The first-order chi connectivity index (χ1) is 11.1. The van der Waals surface area contributed by atoms with Crippen molar-refractivity contribution < 1.29 is 14.3 Å². The zero-order valence-corrected chi connectivity index (χ0v) is 14.2. The summed E-state index contributed by atoms with van der Waals surface area (Å²) in [4.78, 5) is 12.7. The largest absolute Gasteiger partial charge is 0.493 e. The first-order valence-electron chi connectivity index (χ1n) is 7.86. The molecule has 23 heavy (non-hydrogen) atoms. The van der Waals surface area contributed by atoms with Gasteiger partial charge in [0.15, 0.2) is 11.5 Å². The Morgan fingerprint density at radius 3 is 2.17 bits per heavy atom. The molecular formula is C20H24O3. The number of benzene rings is 2. The van der Waals surface area contributed by atoms with E-state index in [-0.39, 0.29) is 17.6 Å². The van der Waals surface area contributed by atoms with Crippen molar-refractivity contribution in [1.29, 1.82) is 0 Å². The summed E-state index contributed by atoms with van der Waals surface area (Å²) in [6, 6.07) is 15.8. The minimum absolute atomic E-state index is 0.0168. The van der Waals surface area contributed by atoms with E-state index in [1.165, 1.54) is 0 Å². The molecule has 0 aliphatic heterocycles. The van der Waals surface area contributed by atoms with E-state index in [4.69, 9.17) is 9.47 Å². The lowest BCUT2D eigenvalue weighted by molar-refractivity contribution is -0.123. The highest BCUT2D eigenvalue weighted by Crippen LogP contribution is 2.33. The quantitative estimate of drug-likeness (QED) is 0.766. The first-order valence-corrected chi connectivity index (χ1v) is 7.86. The summed E-state index contributed by atoms with van der Waals surface area (Å²) in [5.74, 6) is 1.36. The highest BCUT2D eigenvalue weighted by atomic mass is 16.5. The summed E-state index contributed by atoms with van der Waals surface area (Å²) in [5, 5.41) is 0. The Bertz CT molecular complexity index is 647. The third-order valence-electron chi connectivity index (χ3n) is 4.01. The Balaban J connectivity index is 2.39. The number of carbonyl (C=O) groups excluding carboxylic acids is 1. The second-order valence-corrected chi connectivity index (χ2v) is 5.91. The number of hydrogen-bond acceptors (Lipinski definition) is 3. The van der Waals surface area contributed by atoms with Crippen LogP contribution in [0.25, 0.3) is 0 Å². The van der Waals surface area contributed by atoms with Gasteiger partial charge in [0.2, 0.25) is 0 Å². The van der Waals surface area contributed by atoms with Crippen LogP contribution in [0.2, 0.25) is 0 Å². The van der Waals surface area contributed by atoms with Gasteiger partial charge in [0.05, 0.1) is 14.2 Å². The number of ketones is 1. The third kappa shape index (κ3) is 4.13. The van der Waals surface area contributed by atoms with Crippen LogP contribution in [-0.2, 0) is 11.2 Å². The lowest BCUT2D eigenvalue weighted by Gasteiger charge is -2.20. The highest BCUT2D eigenvalue weighted by Gasteiger charge is 2.24. The monoisotopic (exact) mass is 312 g/mol. The van der Waals surface area contributed by atoms with Gasteiger partial charge >= 0.3 is 0 Å². The van der Waals surface area contributed by atoms with Crippen LogP contribution in [-0.4, -0.2) is 20.0 Å². The summed E-state index contributed by atoms with van der Waals surface area (Å²) < 4.78 is 10.7. The normalized spacial score (nSPS) is 12.0. The molecule has 0 spiro atoms. The molecule has 2 rings (SSSR count). The molecule has 122 valence electrons. The van der Waals surface area contributed by atoms with Gasteiger partial charge < -0.3 is 9.47 Å². The minimum atomic E-state index is -0.183. The Hall–Kier alpha value is -2.29.